The molecule has 5 heteroatoms. The maximum Gasteiger partial charge on any atom is 0.0860 e. The van der Waals surface area contributed by atoms with E-state index in [0.29, 0.717) is 0 Å². The van der Waals surface area contributed by atoms with Crippen LogP contribution in [0.15, 0.2) is 24.3 Å². The second kappa shape index (κ2) is 6.20. The zero-order valence-electron chi connectivity index (χ0n) is 12.3. The van der Waals surface area contributed by atoms with Gasteiger partial charge in [-0.3, -0.25) is 0 Å². The Balaban J connectivity index is 2.44. The average molecular weight is 310 g/mol. The minimum Gasteiger partial charge on any atom is -0.306 e. The number of nitrogens with zero attached hydrogens (tertiary/aromatic N) is 2. The van der Waals surface area contributed by atoms with Gasteiger partial charge in [0.2, 0.25) is 0 Å². The number of rotatable bonds is 4. The summed E-state index contributed by atoms with van der Waals surface area (Å²) in [4.78, 5) is 1.18. The van der Waals surface area contributed by atoms with Gasteiger partial charge in [-0.05, 0) is 35.8 Å². The molecule has 0 aliphatic rings. The molecule has 0 spiro atoms. The van der Waals surface area contributed by atoms with Crippen molar-refractivity contribution in [3.8, 4) is 0 Å². The van der Waals surface area contributed by atoms with E-state index >= 15 is 0 Å². The first-order chi connectivity index (χ1) is 9.43. The molecule has 108 valence electrons. The van der Waals surface area contributed by atoms with E-state index in [1.165, 1.54) is 22.0 Å². The Morgan fingerprint density at radius 1 is 1.25 bits per heavy atom. The highest BCUT2D eigenvalue weighted by Crippen LogP contribution is 2.33. The predicted molar refractivity (Wildman–Crippen MR) is 85.6 cm³/mol. The summed E-state index contributed by atoms with van der Waals surface area (Å²) in [5.74, 6) is 0. The van der Waals surface area contributed by atoms with E-state index in [2.05, 4.69) is 54.7 Å². The van der Waals surface area contributed by atoms with E-state index in [1.807, 2.05) is 12.1 Å². The molecule has 0 radical (unpaired) electrons. The second-order valence-electron chi connectivity index (χ2n) is 5.78. The summed E-state index contributed by atoms with van der Waals surface area (Å²) in [7, 11) is 0. The molecule has 0 saturated heterocycles. The van der Waals surface area contributed by atoms with E-state index in [-0.39, 0.29) is 11.5 Å². The molecule has 0 aliphatic heterocycles. The van der Waals surface area contributed by atoms with Crippen molar-refractivity contribution < 1.29 is 0 Å². The summed E-state index contributed by atoms with van der Waals surface area (Å²) < 4.78 is 4.16. The van der Waals surface area contributed by atoms with Gasteiger partial charge in [-0.15, -0.1) is 5.10 Å². The van der Waals surface area contributed by atoms with Crippen LogP contribution in [0.2, 0.25) is 5.02 Å². The molecular weight excluding hydrogens is 290 g/mol. The topological polar surface area (TPSA) is 37.8 Å². The number of hydrogen-bond donors (Lipinski definition) is 1. The zero-order valence-corrected chi connectivity index (χ0v) is 13.8. The van der Waals surface area contributed by atoms with Crippen molar-refractivity contribution in [1.29, 1.82) is 0 Å². The first kappa shape index (κ1) is 15.4. The molecular formula is C15H20ClN3S. The van der Waals surface area contributed by atoms with E-state index in [4.69, 9.17) is 11.6 Å². The SMILES string of the molecule is CCNC(c1ccc(Cl)cc1)c1snnc1C(C)(C)C. The van der Waals surface area contributed by atoms with Crippen LogP contribution >= 0.6 is 23.1 Å². The molecule has 1 atom stereocenters. The van der Waals surface area contributed by atoms with Crippen molar-refractivity contribution in [2.24, 2.45) is 0 Å². The van der Waals surface area contributed by atoms with Gasteiger partial charge in [0.1, 0.15) is 0 Å². The minimum atomic E-state index is -0.0115. The van der Waals surface area contributed by atoms with Gasteiger partial charge in [-0.1, -0.05) is 55.9 Å². The lowest BCUT2D eigenvalue weighted by Gasteiger charge is -2.22. The monoisotopic (exact) mass is 309 g/mol. The highest BCUT2D eigenvalue weighted by Gasteiger charge is 2.27. The van der Waals surface area contributed by atoms with Crippen LogP contribution in [0.5, 0.6) is 0 Å². The third-order valence-corrected chi connectivity index (χ3v) is 4.14. The Morgan fingerprint density at radius 3 is 2.45 bits per heavy atom. The summed E-state index contributed by atoms with van der Waals surface area (Å²) in [5.41, 5.74) is 2.24. The Morgan fingerprint density at radius 2 is 1.90 bits per heavy atom. The molecule has 2 rings (SSSR count). The zero-order chi connectivity index (χ0) is 14.8. The molecule has 1 heterocycles. The lowest BCUT2D eigenvalue weighted by molar-refractivity contribution is 0.543. The Kier molecular flexibility index (Phi) is 4.78. The summed E-state index contributed by atoms with van der Waals surface area (Å²) in [5, 5.41) is 8.61. The van der Waals surface area contributed by atoms with Crippen LogP contribution in [-0.4, -0.2) is 16.1 Å². The molecule has 0 fully saturated rings. The molecule has 0 amide bonds. The van der Waals surface area contributed by atoms with Crippen LogP contribution in [0.25, 0.3) is 0 Å². The standard InChI is InChI=1S/C15H20ClN3S/c1-5-17-12(10-6-8-11(16)9-7-10)13-14(15(2,3)4)18-19-20-13/h6-9,12,17H,5H2,1-4H3. The lowest BCUT2D eigenvalue weighted by Crippen LogP contribution is -2.25. The van der Waals surface area contributed by atoms with Crippen molar-refractivity contribution in [3.05, 3.63) is 45.4 Å². The molecule has 0 bridgehead atoms. The van der Waals surface area contributed by atoms with Gasteiger partial charge in [-0.25, -0.2) is 0 Å². The fourth-order valence-electron chi connectivity index (χ4n) is 2.13. The molecule has 3 nitrogen and oxygen atoms in total. The number of benzene rings is 1. The van der Waals surface area contributed by atoms with Crippen LogP contribution in [0.1, 0.15) is 49.9 Å². The summed E-state index contributed by atoms with van der Waals surface area (Å²) in [6.07, 6.45) is 0. The summed E-state index contributed by atoms with van der Waals surface area (Å²) in [6.45, 7) is 9.48. The van der Waals surface area contributed by atoms with Crippen molar-refractivity contribution in [3.63, 3.8) is 0 Å². The van der Waals surface area contributed by atoms with E-state index in [9.17, 15) is 0 Å². The summed E-state index contributed by atoms with van der Waals surface area (Å²) >= 11 is 7.45. The molecule has 1 aromatic heterocycles. The van der Waals surface area contributed by atoms with Crippen molar-refractivity contribution in [2.75, 3.05) is 6.54 Å². The fraction of sp³-hybridized carbons (Fsp3) is 0.467. The van der Waals surface area contributed by atoms with Crippen LogP contribution in [0.4, 0.5) is 0 Å². The van der Waals surface area contributed by atoms with Gasteiger partial charge >= 0.3 is 0 Å². The molecule has 1 aromatic carbocycles. The Labute approximate surface area is 129 Å². The number of aromatic nitrogens is 2. The minimum absolute atomic E-state index is 0.0115. The van der Waals surface area contributed by atoms with Crippen molar-refractivity contribution in [1.82, 2.24) is 14.9 Å². The van der Waals surface area contributed by atoms with Gasteiger partial charge < -0.3 is 5.32 Å². The van der Waals surface area contributed by atoms with Gasteiger partial charge in [-0.2, -0.15) is 0 Å². The van der Waals surface area contributed by atoms with E-state index < -0.39 is 0 Å². The molecule has 1 unspecified atom stereocenters. The van der Waals surface area contributed by atoms with Crippen molar-refractivity contribution in [2.45, 2.75) is 39.2 Å². The quantitative estimate of drug-likeness (QED) is 0.920. The molecule has 0 saturated carbocycles. The highest BCUT2D eigenvalue weighted by molar-refractivity contribution is 7.05. The van der Waals surface area contributed by atoms with E-state index in [1.54, 1.807) is 0 Å². The molecule has 0 aliphatic carbocycles. The number of halogens is 1. The molecule has 1 N–H and O–H groups in total. The first-order valence-electron chi connectivity index (χ1n) is 6.75. The van der Waals surface area contributed by atoms with Gasteiger partial charge in [0.25, 0.3) is 0 Å². The van der Waals surface area contributed by atoms with Crippen LogP contribution in [0.3, 0.4) is 0 Å². The lowest BCUT2D eigenvalue weighted by atomic mass is 9.89. The van der Waals surface area contributed by atoms with Crippen LogP contribution < -0.4 is 5.32 Å². The smallest absolute Gasteiger partial charge is 0.0860 e. The number of nitrogens with one attached hydrogen (secondary N) is 1. The average Bonchev–Trinajstić information content (AvgIpc) is 2.86. The molecule has 20 heavy (non-hydrogen) atoms. The van der Waals surface area contributed by atoms with Gasteiger partial charge in [0, 0.05) is 10.4 Å². The van der Waals surface area contributed by atoms with Gasteiger partial charge in [0.15, 0.2) is 0 Å². The van der Waals surface area contributed by atoms with Crippen molar-refractivity contribution >= 4 is 23.1 Å². The fourth-order valence-corrected chi connectivity index (χ4v) is 3.22. The largest absolute Gasteiger partial charge is 0.306 e. The first-order valence-corrected chi connectivity index (χ1v) is 7.90. The van der Waals surface area contributed by atoms with E-state index in [0.717, 1.165) is 17.3 Å². The van der Waals surface area contributed by atoms with Crippen LogP contribution in [0, 0.1) is 0 Å². The molecule has 2 aromatic rings. The maximum absolute atomic E-state index is 5.98. The Hall–Kier alpha value is -0.970. The third kappa shape index (κ3) is 3.37. The highest BCUT2D eigenvalue weighted by atomic mass is 35.5. The van der Waals surface area contributed by atoms with Crippen LogP contribution in [-0.2, 0) is 5.41 Å². The Bertz CT molecular complexity index is 557. The second-order valence-corrected chi connectivity index (χ2v) is 7.00. The van der Waals surface area contributed by atoms with Gasteiger partial charge in [0.05, 0.1) is 16.6 Å². The maximum atomic E-state index is 5.98. The third-order valence-electron chi connectivity index (χ3n) is 3.10. The summed E-state index contributed by atoms with van der Waals surface area (Å²) in [6, 6.07) is 8.08. The normalized spacial score (nSPS) is 13.4. The predicted octanol–water partition coefficient (Wildman–Crippen LogP) is 4.19. The number of hydrogen-bond acceptors (Lipinski definition) is 4.